The van der Waals surface area contributed by atoms with Gasteiger partial charge in [-0.1, -0.05) is 73.2 Å². The molecule has 228 valence electrons. The van der Waals surface area contributed by atoms with Gasteiger partial charge < -0.3 is 15.1 Å². The fourth-order valence-electron chi connectivity index (χ4n) is 6.72. The Labute approximate surface area is 268 Å². The molecule has 2 heterocycles. The number of carbonyl (C=O) groups is 4. The van der Waals surface area contributed by atoms with Gasteiger partial charge in [0.15, 0.2) is 0 Å². The molecule has 2 atom stereocenters. The third kappa shape index (κ3) is 5.58. The lowest BCUT2D eigenvalue weighted by Crippen LogP contribution is -2.49. The van der Waals surface area contributed by atoms with Crippen molar-refractivity contribution in [3.8, 4) is 0 Å². The molecule has 4 aromatic carbocycles. The zero-order valence-corrected chi connectivity index (χ0v) is 25.4. The Kier molecular flexibility index (Phi) is 8.41. The van der Waals surface area contributed by atoms with Crippen LogP contribution in [0.2, 0.25) is 0 Å². The number of anilines is 3. The van der Waals surface area contributed by atoms with Gasteiger partial charge in [0, 0.05) is 18.3 Å². The monoisotopic (exact) mass is 620 g/mol. The van der Waals surface area contributed by atoms with E-state index in [1.54, 1.807) is 34.1 Å². The van der Waals surface area contributed by atoms with Crippen molar-refractivity contribution in [3.63, 3.8) is 0 Å². The summed E-state index contributed by atoms with van der Waals surface area (Å²) in [7, 11) is 0. The number of benzene rings is 4. The highest BCUT2D eigenvalue weighted by Crippen LogP contribution is 2.43. The topological polar surface area (TPSA) is 90.0 Å². The van der Waals surface area contributed by atoms with Crippen molar-refractivity contribution >= 4 is 53.1 Å². The standard InChI is InChI=1S/C36H32N4O4.ClH/c41-33(23-39-34(42)27-11-4-5-12-28(27)35(39)43)40-30-16-8-13-29(30)36(44)38(31-14-6-7-15-32(31)40)22-25-17-19-26(20-18-25)37-21-24-9-2-1-3-10-24;/h1-7,9-12,14-15,17-20,29-30,37H,8,13,16,21-23H2;1H. The number of hydrogen-bond donors (Lipinski definition) is 1. The van der Waals surface area contributed by atoms with Crippen LogP contribution >= 0.6 is 12.4 Å². The van der Waals surface area contributed by atoms with E-state index in [2.05, 4.69) is 17.4 Å². The van der Waals surface area contributed by atoms with Crippen LogP contribution in [-0.2, 0) is 22.7 Å². The van der Waals surface area contributed by atoms with Crippen LogP contribution in [0.1, 0.15) is 51.1 Å². The van der Waals surface area contributed by atoms with Gasteiger partial charge in [0.25, 0.3) is 11.8 Å². The molecular formula is C36H33ClN4O4. The molecule has 2 unspecified atom stereocenters. The van der Waals surface area contributed by atoms with Crippen molar-refractivity contribution in [1.82, 2.24) is 4.90 Å². The molecule has 0 spiro atoms. The Morgan fingerprint density at radius 3 is 2.00 bits per heavy atom. The molecule has 1 N–H and O–H groups in total. The van der Waals surface area contributed by atoms with Crippen LogP contribution in [0, 0.1) is 5.92 Å². The zero-order chi connectivity index (χ0) is 30.2. The highest BCUT2D eigenvalue weighted by molar-refractivity contribution is 6.23. The lowest BCUT2D eigenvalue weighted by molar-refractivity contribution is -0.123. The summed E-state index contributed by atoms with van der Waals surface area (Å²) in [6.45, 7) is 0.694. The van der Waals surface area contributed by atoms with Crippen LogP contribution in [0.5, 0.6) is 0 Å². The second kappa shape index (κ2) is 12.6. The Bertz CT molecular complexity index is 1730. The maximum absolute atomic E-state index is 14.1. The molecule has 9 heteroatoms. The van der Waals surface area contributed by atoms with Gasteiger partial charge in [-0.3, -0.25) is 24.1 Å². The fourth-order valence-corrected chi connectivity index (χ4v) is 6.72. The zero-order valence-electron chi connectivity index (χ0n) is 24.6. The van der Waals surface area contributed by atoms with E-state index in [1.165, 1.54) is 5.56 Å². The predicted molar refractivity (Wildman–Crippen MR) is 176 cm³/mol. The molecule has 0 radical (unpaired) electrons. The van der Waals surface area contributed by atoms with Crippen molar-refractivity contribution in [2.75, 3.05) is 21.7 Å². The van der Waals surface area contributed by atoms with Crippen molar-refractivity contribution in [2.45, 2.75) is 38.4 Å². The third-order valence-corrected chi connectivity index (χ3v) is 8.90. The van der Waals surface area contributed by atoms with Crippen LogP contribution < -0.4 is 15.1 Å². The van der Waals surface area contributed by atoms with Crippen LogP contribution in [-0.4, -0.2) is 41.1 Å². The first-order chi connectivity index (χ1) is 21.5. The number of rotatable bonds is 7. The summed E-state index contributed by atoms with van der Waals surface area (Å²) in [5, 5.41) is 3.44. The first-order valence-electron chi connectivity index (χ1n) is 15.0. The molecule has 7 rings (SSSR count). The van der Waals surface area contributed by atoms with Gasteiger partial charge in [-0.15, -0.1) is 12.4 Å². The molecule has 1 saturated carbocycles. The smallest absolute Gasteiger partial charge is 0.262 e. The maximum atomic E-state index is 14.1. The maximum Gasteiger partial charge on any atom is 0.262 e. The van der Waals surface area contributed by atoms with E-state index in [9.17, 15) is 19.2 Å². The van der Waals surface area contributed by atoms with Gasteiger partial charge >= 0.3 is 0 Å². The van der Waals surface area contributed by atoms with E-state index in [-0.39, 0.29) is 42.7 Å². The van der Waals surface area contributed by atoms with E-state index < -0.39 is 11.8 Å². The Balaban J connectivity index is 0.00000357. The van der Waals surface area contributed by atoms with Crippen LogP contribution in [0.15, 0.2) is 103 Å². The summed E-state index contributed by atoms with van der Waals surface area (Å²) in [5.41, 5.74) is 5.04. The average Bonchev–Trinajstić information content (AvgIpc) is 3.61. The molecule has 0 bridgehead atoms. The van der Waals surface area contributed by atoms with Crippen LogP contribution in [0.3, 0.4) is 0 Å². The van der Waals surface area contributed by atoms with Gasteiger partial charge in [0.05, 0.1) is 35.0 Å². The van der Waals surface area contributed by atoms with Crippen LogP contribution in [0.4, 0.5) is 17.1 Å². The Morgan fingerprint density at radius 1 is 0.689 bits per heavy atom. The molecule has 4 amide bonds. The second-order valence-corrected chi connectivity index (χ2v) is 11.6. The lowest BCUT2D eigenvalue weighted by atomic mass is 10.0. The summed E-state index contributed by atoms with van der Waals surface area (Å²) in [6, 6.07) is 32.0. The molecule has 1 fully saturated rings. The highest BCUT2D eigenvalue weighted by atomic mass is 35.5. The highest BCUT2D eigenvalue weighted by Gasteiger charge is 2.46. The minimum atomic E-state index is -0.468. The molecule has 8 nitrogen and oxygen atoms in total. The van der Waals surface area contributed by atoms with Crippen molar-refractivity contribution in [2.24, 2.45) is 5.92 Å². The van der Waals surface area contributed by atoms with E-state index in [0.717, 1.165) is 22.6 Å². The normalized spacial score (nSPS) is 18.6. The first-order valence-corrected chi connectivity index (χ1v) is 15.0. The quantitative estimate of drug-likeness (QED) is 0.254. The van der Waals surface area contributed by atoms with E-state index in [0.29, 0.717) is 48.4 Å². The molecule has 0 aromatic heterocycles. The molecule has 1 aliphatic carbocycles. The van der Waals surface area contributed by atoms with Gasteiger partial charge in [-0.25, -0.2) is 0 Å². The SMILES string of the molecule is Cl.O=C1c2ccccc2C(=O)N1CC(=O)N1c2ccccc2N(Cc2ccc(NCc3ccccc3)cc2)C(=O)C2CCCC21. The second-order valence-electron chi connectivity index (χ2n) is 11.6. The fraction of sp³-hybridized carbons (Fsp3) is 0.222. The van der Waals surface area contributed by atoms with Gasteiger partial charge in [0.2, 0.25) is 11.8 Å². The van der Waals surface area contributed by atoms with Gasteiger partial charge in [-0.05, 0) is 60.4 Å². The van der Waals surface area contributed by atoms with Crippen LogP contribution in [0.25, 0.3) is 0 Å². The molecule has 45 heavy (non-hydrogen) atoms. The Hall–Kier alpha value is -4.95. The minimum Gasteiger partial charge on any atom is -0.381 e. The lowest BCUT2D eigenvalue weighted by Gasteiger charge is -2.31. The number of para-hydroxylation sites is 2. The molecule has 3 aliphatic rings. The summed E-state index contributed by atoms with van der Waals surface area (Å²) in [6.07, 6.45) is 2.16. The molecule has 2 aliphatic heterocycles. The number of imide groups is 1. The molecular weight excluding hydrogens is 588 g/mol. The number of carbonyl (C=O) groups excluding carboxylic acids is 4. The molecule has 4 aromatic rings. The van der Waals surface area contributed by atoms with E-state index in [4.69, 9.17) is 0 Å². The van der Waals surface area contributed by atoms with Gasteiger partial charge in [-0.2, -0.15) is 0 Å². The number of nitrogens with zero attached hydrogens (tertiary/aromatic N) is 3. The van der Waals surface area contributed by atoms with E-state index >= 15 is 0 Å². The van der Waals surface area contributed by atoms with E-state index in [1.807, 2.05) is 66.7 Å². The number of halogens is 1. The van der Waals surface area contributed by atoms with Crippen molar-refractivity contribution in [1.29, 1.82) is 0 Å². The number of amides is 4. The minimum absolute atomic E-state index is 0. The van der Waals surface area contributed by atoms with Crippen molar-refractivity contribution in [3.05, 3.63) is 125 Å². The predicted octanol–water partition coefficient (Wildman–Crippen LogP) is 6.07. The molecule has 0 saturated heterocycles. The average molecular weight is 621 g/mol. The summed E-state index contributed by atoms with van der Waals surface area (Å²) in [4.78, 5) is 58.9. The van der Waals surface area contributed by atoms with Gasteiger partial charge in [0.1, 0.15) is 6.54 Å². The summed E-state index contributed by atoms with van der Waals surface area (Å²) >= 11 is 0. The summed E-state index contributed by atoms with van der Waals surface area (Å²) in [5.74, 6) is -1.69. The number of fused-ring (bicyclic) bond motifs is 3. The first kappa shape index (κ1) is 30.1. The largest absolute Gasteiger partial charge is 0.381 e. The Morgan fingerprint density at radius 2 is 1.31 bits per heavy atom. The number of hydrogen-bond acceptors (Lipinski definition) is 5. The summed E-state index contributed by atoms with van der Waals surface area (Å²) < 4.78 is 0. The van der Waals surface area contributed by atoms with Crippen molar-refractivity contribution < 1.29 is 19.2 Å². The number of nitrogens with one attached hydrogen (secondary N) is 1. The third-order valence-electron chi connectivity index (χ3n) is 8.90.